The molecule has 0 aromatic rings. The van der Waals surface area contributed by atoms with Gasteiger partial charge >= 0.3 is 0 Å². The van der Waals surface area contributed by atoms with Gasteiger partial charge in [-0.05, 0) is 6.42 Å². The predicted molar refractivity (Wildman–Crippen MR) is 39.8 cm³/mol. The van der Waals surface area contributed by atoms with Gasteiger partial charge in [-0.1, -0.05) is 20.3 Å². The Morgan fingerprint density at radius 2 is 2.11 bits per heavy atom. The normalized spacial score (nSPS) is 13.2. The highest BCUT2D eigenvalue weighted by atomic mass is 35.5. The number of rotatable bonds is 4. The second-order valence-corrected chi connectivity index (χ2v) is 2.60. The summed E-state index contributed by atoms with van der Waals surface area (Å²) in [6.45, 7) is 3.87. The van der Waals surface area contributed by atoms with Crippen LogP contribution in [-0.2, 0) is 4.79 Å². The van der Waals surface area contributed by atoms with Gasteiger partial charge in [0.05, 0.1) is 5.38 Å². The van der Waals surface area contributed by atoms with Gasteiger partial charge in [-0.25, -0.2) is 0 Å². The van der Waals surface area contributed by atoms with Crippen molar-refractivity contribution in [3.8, 4) is 0 Å². The Bertz CT molecular complexity index is 90.9. The minimum atomic E-state index is -0.236. The van der Waals surface area contributed by atoms with Crippen molar-refractivity contribution in [2.45, 2.75) is 38.5 Å². The van der Waals surface area contributed by atoms with E-state index in [1.165, 1.54) is 0 Å². The van der Waals surface area contributed by atoms with E-state index in [9.17, 15) is 4.79 Å². The van der Waals surface area contributed by atoms with Gasteiger partial charge in [0, 0.05) is 6.42 Å². The molecule has 0 rings (SSSR count). The summed E-state index contributed by atoms with van der Waals surface area (Å²) in [4.78, 5) is 10.8. The van der Waals surface area contributed by atoms with Crippen LogP contribution >= 0.6 is 11.6 Å². The van der Waals surface area contributed by atoms with Crippen LogP contribution in [0.4, 0.5) is 0 Å². The fourth-order valence-corrected chi connectivity index (χ4v) is 1.01. The molecule has 54 valence electrons. The van der Waals surface area contributed by atoms with E-state index in [0.29, 0.717) is 6.42 Å². The van der Waals surface area contributed by atoms with Crippen LogP contribution in [0.15, 0.2) is 0 Å². The molecule has 0 saturated carbocycles. The Morgan fingerprint density at radius 1 is 1.56 bits per heavy atom. The number of ketones is 1. The molecule has 0 aliphatic rings. The van der Waals surface area contributed by atoms with Gasteiger partial charge in [-0.3, -0.25) is 4.79 Å². The summed E-state index contributed by atoms with van der Waals surface area (Å²) in [6.07, 6.45) is 2.36. The molecule has 0 spiro atoms. The lowest BCUT2D eigenvalue weighted by molar-refractivity contribution is -0.118. The van der Waals surface area contributed by atoms with Crippen LogP contribution in [-0.4, -0.2) is 11.2 Å². The Hall–Kier alpha value is -0.0400. The first-order valence-electron chi connectivity index (χ1n) is 3.39. The van der Waals surface area contributed by atoms with Crippen LogP contribution in [0.25, 0.3) is 0 Å². The highest BCUT2D eigenvalue weighted by Gasteiger charge is 2.10. The van der Waals surface area contributed by atoms with Gasteiger partial charge in [-0.15, -0.1) is 11.6 Å². The molecule has 0 saturated heterocycles. The van der Waals surface area contributed by atoms with E-state index in [-0.39, 0.29) is 11.2 Å². The lowest BCUT2D eigenvalue weighted by Crippen LogP contribution is -2.11. The van der Waals surface area contributed by atoms with E-state index in [2.05, 4.69) is 0 Å². The van der Waals surface area contributed by atoms with Crippen molar-refractivity contribution >= 4 is 17.4 Å². The molecule has 2 heteroatoms. The lowest BCUT2D eigenvalue weighted by Gasteiger charge is -2.02. The SMILES string of the molecule is CCCC(Cl)C(=O)CC. The summed E-state index contributed by atoms with van der Waals surface area (Å²) >= 11 is 5.68. The molecule has 0 aliphatic heterocycles. The zero-order chi connectivity index (χ0) is 7.28. The Morgan fingerprint density at radius 3 is 2.44 bits per heavy atom. The summed E-state index contributed by atoms with van der Waals surface area (Å²) in [7, 11) is 0. The number of hydrogen-bond acceptors (Lipinski definition) is 1. The van der Waals surface area contributed by atoms with Crippen LogP contribution in [0.3, 0.4) is 0 Å². The average Bonchev–Trinajstić information content (AvgIpc) is 1.87. The van der Waals surface area contributed by atoms with Gasteiger partial charge in [-0.2, -0.15) is 0 Å². The predicted octanol–water partition coefficient (Wildman–Crippen LogP) is 2.37. The van der Waals surface area contributed by atoms with E-state index >= 15 is 0 Å². The van der Waals surface area contributed by atoms with Gasteiger partial charge in [0.1, 0.15) is 5.78 Å². The van der Waals surface area contributed by atoms with E-state index in [4.69, 9.17) is 11.6 Å². The van der Waals surface area contributed by atoms with Crippen molar-refractivity contribution < 1.29 is 4.79 Å². The van der Waals surface area contributed by atoms with Crippen LogP contribution in [0, 0.1) is 0 Å². The van der Waals surface area contributed by atoms with Gasteiger partial charge in [0.25, 0.3) is 0 Å². The van der Waals surface area contributed by atoms with Gasteiger partial charge < -0.3 is 0 Å². The maximum Gasteiger partial charge on any atom is 0.150 e. The highest BCUT2D eigenvalue weighted by molar-refractivity contribution is 6.31. The molecule has 0 radical (unpaired) electrons. The van der Waals surface area contributed by atoms with E-state index < -0.39 is 0 Å². The second kappa shape index (κ2) is 4.80. The summed E-state index contributed by atoms with van der Waals surface area (Å²) in [6, 6.07) is 0. The quantitative estimate of drug-likeness (QED) is 0.560. The van der Waals surface area contributed by atoms with Crippen LogP contribution in [0.5, 0.6) is 0 Å². The molecule has 0 bridgehead atoms. The largest absolute Gasteiger partial charge is 0.298 e. The zero-order valence-corrected chi connectivity index (χ0v) is 6.74. The number of carbonyl (C=O) groups is 1. The monoisotopic (exact) mass is 148 g/mol. The van der Waals surface area contributed by atoms with Gasteiger partial charge in [0.2, 0.25) is 0 Å². The summed E-state index contributed by atoms with van der Waals surface area (Å²) in [5.74, 6) is 0.165. The standard InChI is InChI=1S/C7H13ClO/c1-3-5-6(8)7(9)4-2/h6H,3-5H2,1-2H3. The average molecular weight is 149 g/mol. The maximum atomic E-state index is 10.8. The zero-order valence-electron chi connectivity index (χ0n) is 5.98. The molecule has 1 unspecified atom stereocenters. The molecule has 0 aromatic carbocycles. The first-order valence-corrected chi connectivity index (χ1v) is 3.82. The number of Topliss-reactive ketones (excluding diaryl/α,β-unsaturated/α-hetero) is 1. The fraction of sp³-hybridized carbons (Fsp3) is 0.857. The molecular weight excluding hydrogens is 136 g/mol. The molecular formula is C7H13ClO. The minimum Gasteiger partial charge on any atom is -0.298 e. The minimum absolute atomic E-state index is 0.165. The van der Waals surface area contributed by atoms with E-state index in [0.717, 1.165) is 12.8 Å². The smallest absolute Gasteiger partial charge is 0.150 e. The molecule has 0 amide bonds. The van der Waals surface area contributed by atoms with Crippen LogP contribution in [0.1, 0.15) is 33.1 Å². The van der Waals surface area contributed by atoms with Crippen molar-refractivity contribution in [2.24, 2.45) is 0 Å². The molecule has 1 nitrogen and oxygen atoms in total. The third-order valence-corrected chi connectivity index (χ3v) is 1.70. The maximum absolute atomic E-state index is 10.8. The number of alkyl halides is 1. The summed E-state index contributed by atoms with van der Waals surface area (Å²) < 4.78 is 0. The molecule has 0 N–H and O–H groups in total. The number of halogens is 1. The number of hydrogen-bond donors (Lipinski definition) is 0. The first-order chi connectivity index (χ1) is 4.22. The topological polar surface area (TPSA) is 17.1 Å². The Labute approximate surface area is 61.4 Å². The van der Waals surface area contributed by atoms with Crippen molar-refractivity contribution in [3.63, 3.8) is 0 Å². The van der Waals surface area contributed by atoms with Crippen molar-refractivity contribution in [1.82, 2.24) is 0 Å². The Kier molecular flexibility index (Phi) is 4.78. The van der Waals surface area contributed by atoms with Crippen molar-refractivity contribution in [2.75, 3.05) is 0 Å². The molecule has 0 fully saturated rings. The number of carbonyl (C=O) groups excluding carboxylic acids is 1. The first kappa shape index (κ1) is 8.96. The van der Waals surface area contributed by atoms with Crippen molar-refractivity contribution in [1.29, 1.82) is 0 Å². The van der Waals surface area contributed by atoms with Crippen LogP contribution < -0.4 is 0 Å². The molecule has 1 atom stereocenters. The van der Waals surface area contributed by atoms with Crippen molar-refractivity contribution in [3.05, 3.63) is 0 Å². The lowest BCUT2D eigenvalue weighted by atomic mass is 10.1. The second-order valence-electron chi connectivity index (χ2n) is 2.08. The molecule has 0 aromatic heterocycles. The van der Waals surface area contributed by atoms with E-state index in [1.807, 2.05) is 13.8 Å². The Balaban J connectivity index is 3.45. The van der Waals surface area contributed by atoms with Gasteiger partial charge in [0.15, 0.2) is 0 Å². The third-order valence-electron chi connectivity index (χ3n) is 1.24. The fourth-order valence-electron chi connectivity index (χ4n) is 0.636. The third kappa shape index (κ3) is 3.52. The van der Waals surface area contributed by atoms with Crippen LogP contribution in [0.2, 0.25) is 0 Å². The molecule has 0 heterocycles. The summed E-state index contributed by atoms with van der Waals surface area (Å²) in [5.41, 5.74) is 0. The summed E-state index contributed by atoms with van der Waals surface area (Å²) in [5, 5.41) is -0.236. The van der Waals surface area contributed by atoms with E-state index in [1.54, 1.807) is 0 Å². The molecule has 0 aliphatic carbocycles. The molecule has 9 heavy (non-hydrogen) atoms. The highest BCUT2D eigenvalue weighted by Crippen LogP contribution is 2.07.